The van der Waals surface area contributed by atoms with E-state index in [0.717, 1.165) is 56.0 Å². The molecule has 132 valence electrons. The summed E-state index contributed by atoms with van der Waals surface area (Å²) in [5.41, 5.74) is 1.04. The van der Waals surface area contributed by atoms with Gasteiger partial charge in [0.1, 0.15) is 11.5 Å². The van der Waals surface area contributed by atoms with E-state index in [-0.39, 0.29) is 17.4 Å². The van der Waals surface area contributed by atoms with E-state index in [4.69, 9.17) is 4.42 Å². The Hall–Kier alpha value is -2.14. The third kappa shape index (κ3) is 2.97. The predicted octanol–water partition coefficient (Wildman–Crippen LogP) is 2.96. The van der Waals surface area contributed by atoms with Crippen molar-refractivity contribution < 1.29 is 9.21 Å². The molecule has 0 aliphatic carbocycles. The summed E-state index contributed by atoms with van der Waals surface area (Å²) in [6, 6.07) is 8.02. The number of pyridine rings is 1. The van der Waals surface area contributed by atoms with E-state index >= 15 is 0 Å². The number of likely N-dealkylation sites (tertiary alicyclic amines) is 2. The van der Waals surface area contributed by atoms with Crippen LogP contribution in [-0.4, -0.2) is 46.4 Å². The minimum absolute atomic E-state index is 0.00677. The Kier molecular flexibility index (Phi) is 4.12. The van der Waals surface area contributed by atoms with E-state index < -0.39 is 0 Å². The first kappa shape index (κ1) is 16.3. The zero-order valence-electron chi connectivity index (χ0n) is 14.9. The number of nitrogens with zero attached hydrogens (tertiary/aromatic N) is 3. The summed E-state index contributed by atoms with van der Waals surface area (Å²) in [5, 5.41) is 0. The van der Waals surface area contributed by atoms with Crippen molar-refractivity contribution in [2.24, 2.45) is 0 Å². The fourth-order valence-corrected chi connectivity index (χ4v) is 4.37. The average molecular weight is 339 g/mol. The molecule has 1 atom stereocenters. The molecule has 5 nitrogen and oxygen atoms in total. The van der Waals surface area contributed by atoms with E-state index in [1.54, 1.807) is 6.20 Å². The van der Waals surface area contributed by atoms with E-state index in [0.29, 0.717) is 0 Å². The van der Waals surface area contributed by atoms with Crippen LogP contribution in [-0.2, 0) is 11.3 Å². The Labute approximate surface area is 148 Å². The standard InChI is InChI=1S/C20H25N3O2/c1-15-5-6-17(25-15)14-23-10-7-20(8-11-23)12-18(19(24)22(20)2)16-4-3-9-21-13-16/h3-6,9,13,18H,7-8,10-12,14H2,1-2H3/t18-/m0/s1. The Bertz CT molecular complexity index is 747. The number of rotatable bonds is 3. The van der Waals surface area contributed by atoms with Crippen LogP contribution < -0.4 is 0 Å². The van der Waals surface area contributed by atoms with Gasteiger partial charge in [0, 0.05) is 38.1 Å². The maximum absolute atomic E-state index is 12.8. The zero-order valence-corrected chi connectivity index (χ0v) is 14.9. The molecular weight excluding hydrogens is 314 g/mol. The van der Waals surface area contributed by atoms with Gasteiger partial charge in [-0.1, -0.05) is 6.07 Å². The average Bonchev–Trinajstić information content (AvgIpc) is 3.15. The maximum Gasteiger partial charge on any atom is 0.230 e. The predicted molar refractivity (Wildman–Crippen MR) is 95.1 cm³/mol. The summed E-state index contributed by atoms with van der Waals surface area (Å²) in [6.07, 6.45) is 6.54. The van der Waals surface area contributed by atoms with Crippen LogP contribution in [0.5, 0.6) is 0 Å². The molecule has 4 rings (SSSR count). The molecule has 0 saturated carbocycles. The van der Waals surface area contributed by atoms with Crippen molar-refractivity contribution in [2.45, 2.75) is 44.2 Å². The number of amides is 1. The lowest BCUT2D eigenvalue weighted by molar-refractivity contribution is -0.131. The molecule has 4 heterocycles. The second kappa shape index (κ2) is 6.30. The first-order chi connectivity index (χ1) is 12.1. The fraction of sp³-hybridized carbons (Fsp3) is 0.500. The van der Waals surface area contributed by atoms with Crippen LogP contribution in [0.3, 0.4) is 0 Å². The van der Waals surface area contributed by atoms with Gasteiger partial charge >= 0.3 is 0 Å². The number of likely N-dealkylation sites (N-methyl/N-ethyl adjacent to an activating group) is 1. The van der Waals surface area contributed by atoms with Crippen LogP contribution >= 0.6 is 0 Å². The van der Waals surface area contributed by atoms with Gasteiger partial charge in [0.15, 0.2) is 0 Å². The second-order valence-electron chi connectivity index (χ2n) is 7.45. The van der Waals surface area contributed by atoms with E-state index in [1.807, 2.05) is 43.3 Å². The highest BCUT2D eigenvalue weighted by molar-refractivity contribution is 5.86. The summed E-state index contributed by atoms with van der Waals surface area (Å²) >= 11 is 0. The lowest BCUT2D eigenvalue weighted by atomic mass is 9.81. The molecule has 0 N–H and O–H groups in total. The highest BCUT2D eigenvalue weighted by Gasteiger charge is 2.50. The molecule has 0 aromatic carbocycles. The van der Waals surface area contributed by atoms with Crippen LogP contribution in [0.1, 0.15) is 42.3 Å². The van der Waals surface area contributed by atoms with Gasteiger partial charge in [0.2, 0.25) is 5.91 Å². The van der Waals surface area contributed by atoms with Crippen molar-refractivity contribution in [2.75, 3.05) is 20.1 Å². The van der Waals surface area contributed by atoms with Gasteiger partial charge in [-0.15, -0.1) is 0 Å². The van der Waals surface area contributed by atoms with Gasteiger partial charge in [-0.25, -0.2) is 0 Å². The summed E-state index contributed by atoms with van der Waals surface area (Å²) in [7, 11) is 1.98. The third-order valence-corrected chi connectivity index (χ3v) is 5.97. The number of piperidine rings is 1. The van der Waals surface area contributed by atoms with Crippen molar-refractivity contribution in [1.82, 2.24) is 14.8 Å². The molecule has 2 aromatic heterocycles. The lowest BCUT2D eigenvalue weighted by Gasteiger charge is -2.43. The molecule has 5 heteroatoms. The van der Waals surface area contributed by atoms with Crippen LogP contribution in [0, 0.1) is 6.92 Å². The Morgan fingerprint density at radius 3 is 2.72 bits per heavy atom. The number of carbonyl (C=O) groups is 1. The van der Waals surface area contributed by atoms with Crippen molar-refractivity contribution in [3.8, 4) is 0 Å². The largest absolute Gasteiger partial charge is 0.465 e. The topological polar surface area (TPSA) is 49.6 Å². The molecule has 2 saturated heterocycles. The van der Waals surface area contributed by atoms with Crippen LogP contribution in [0.4, 0.5) is 0 Å². The first-order valence-electron chi connectivity index (χ1n) is 9.03. The van der Waals surface area contributed by atoms with Crippen LogP contribution in [0.15, 0.2) is 41.1 Å². The van der Waals surface area contributed by atoms with Crippen molar-refractivity contribution >= 4 is 5.91 Å². The Morgan fingerprint density at radius 2 is 2.08 bits per heavy atom. The highest BCUT2D eigenvalue weighted by Crippen LogP contribution is 2.44. The van der Waals surface area contributed by atoms with Crippen LogP contribution in [0.25, 0.3) is 0 Å². The van der Waals surface area contributed by atoms with E-state index in [1.165, 1.54) is 0 Å². The zero-order chi connectivity index (χ0) is 17.4. The first-order valence-corrected chi connectivity index (χ1v) is 9.03. The lowest BCUT2D eigenvalue weighted by Crippen LogP contribution is -2.51. The number of hydrogen-bond acceptors (Lipinski definition) is 4. The second-order valence-corrected chi connectivity index (χ2v) is 7.45. The van der Waals surface area contributed by atoms with Crippen molar-refractivity contribution in [1.29, 1.82) is 0 Å². The van der Waals surface area contributed by atoms with Gasteiger partial charge in [0.25, 0.3) is 0 Å². The quantitative estimate of drug-likeness (QED) is 0.863. The van der Waals surface area contributed by atoms with Crippen LogP contribution in [0.2, 0.25) is 0 Å². The molecule has 25 heavy (non-hydrogen) atoms. The minimum Gasteiger partial charge on any atom is -0.465 e. The van der Waals surface area contributed by atoms with Gasteiger partial charge in [0.05, 0.1) is 12.5 Å². The normalized spacial score (nSPS) is 23.5. The maximum atomic E-state index is 12.8. The van der Waals surface area contributed by atoms with Crippen molar-refractivity contribution in [3.63, 3.8) is 0 Å². The summed E-state index contributed by atoms with van der Waals surface area (Å²) in [5.74, 6) is 2.18. The van der Waals surface area contributed by atoms with Gasteiger partial charge in [-0.3, -0.25) is 14.7 Å². The molecule has 0 unspecified atom stereocenters. The minimum atomic E-state index is -0.0435. The van der Waals surface area contributed by atoms with Gasteiger partial charge < -0.3 is 9.32 Å². The molecule has 2 aromatic rings. The molecule has 0 bridgehead atoms. The fourth-order valence-electron chi connectivity index (χ4n) is 4.37. The SMILES string of the molecule is Cc1ccc(CN2CCC3(CC2)C[C@@H](c2cccnc2)C(=O)N3C)o1. The number of aromatic nitrogens is 1. The summed E-state index contributed by atoms with van der Waals surface area (Å²) < 4.78 is 5.70. The molecule has 2 aliphatic heterocycles. The summed E-state index contributed by atoms with van der Waals surface area (Å²) in [6.45, 7) is 4.83. The number of aryl methyl sites for hydroxylation is 1. The molecule has 1 spiro atoms. The highest BCUT2D eigenvalue weighted by atomic mass is 16.3. The molecule has 2 fully saturated rings. The van der Waals surface area contributed by atoms with Gasteiger partial charge in [-0.2, -0.15) is 0 Å². The monoisotopic (exact) mass is 339 g/mol. The third-order valence-electron chi connectivity index (χ3n) is 5.97. The number of furan rings is 1. The summed E-state index contributed by atoms with van der Waals surface area (Å²) in [4.78, 5) is 21.5. The van der Waals surface area contributed by atoms with E-state index in [9.17, 15) is 4.79 Å². The number of hydrogen-bond donors (Lipinski definition) is 0. The smallest absolute Gasteiger partial charge is 0.230 e. The molecule has 1 amide bonds. The Balaban J connectivity index is 1.44. The molecular formula is C20H25N3O2. The number of carbonyl (C=O) groups excluding carboxylic acids is 1. The molecule has 0 radical (unpaired) electrons. The van der Waals surface area contributed by atoms with E-state index in [2.05, 4.69) is 16.0 Å². The van der Waals surface area contributed by atoms with Gasteiger partial charge in [-0.05, 0) is 49.9 Å². The molecule has 2 aliphatic rings. The van der Waals surface area contributed by atoms with Crippen molar-refractivity contribution in [3.05, 3.63) is 53.7 Å². The Morgan fingerprint density at radius 1 is 1.28 bits per heavy atom.